The molecular weight excluding hydrogens is 416 g/mol. The summed E-state index contributed by atoms with van der Waals surface area (Å²) in [6, 6.07) is 15.9. The van der Waals surface area contributed by atoms with Crippen LogP contribution < -0.4 is 20.9 Å². The van der Waals surface area contributed by atoms with E-state index in [1.807, 2.05) is 48.5 Å². The van der Waals surface area contributed by atoms with Gasteiger partial charge in [0, 0.05) is 17.2 Å². The number of hydrogen-bond acceptors (Lipinski definition) is 7. The third-order valence-corrected chi connectivity index (χ3v) is 5.90. The Morgan fingerprint density at radius 3 is 1.91 bits per heavy atom. The second-order valence-electron chi connectivity index (χ2n) is 8.10. The van der Waals surface area contributed by atoms with E-state index in [-0.39, 0.29) is 0 Å². The van der Waals surface area contributed by atoms with E-state index in [0.29, 0.717) is 28.7 Å². The van der Waals surface area contributed by atoms with Crippen molar-refractivity contribution in [2.75, 3.05) is 20.0 Å². The molecule has 4 N–H and O–H groups in total. The average molecular weight is 447 g/mol. The van der Waals surface area contributed by atoms with Gasteiger partial charge in [-0.1, -0.05) is 31.4 Å². The quantitative estimate of drug-likeness (QED) is 0.430. The Labute approximate surface area is 193 Å². The Morgan fingerprint density at radius 1 is 0.818 bits per heavy atom. The highest BCUT2D eigenvalue weighted by atomic mass is 16.5. The number of nitrogens with zero attached hydrogens (tertiary/aromatic N) is 2. The van der Waals surface area contributed by atoms with E-state index in [9.17, 15) is 0 Å². The molecule has 1 fully saturated rings. The van der Waals surface area contributed by atoms with Crippen molar-refractivity contribution < 1.29 is 13.9 Å². The van der Waals surface area contributed by atoms with Crippen LogP contribution in [0.2, 0.25) is 0 Å². The zero-order chi connectivity index (χ0) is 23.2. The monoisotopic (exact) mass is 446 g/mol. The number of hydrogen-bond donors (Lipinski definition) is 2. The first kappa shape index (κ1) is 22.6. The Bertz CT molecular complexity index is 1180. The second kappa shape index (κ2) is 10.4. The van der Waals surface area contributed by atoms with Gasteiger partial charge in [-0.15, -0.1) is 0 Å². The SMILES string of the molecule is COc1ccc(-c2oc3ncnc(N)c3c2-c2ccc(OC)cc2)cc1.NC1CCCCC1. The number of nitrogens with two attached hydrogens (primary N) is 2. The van der Waals surface area contributed by atoms with Crippen LogP contribution in [0.25, 0.3) is 33.6 Å². The number of methoxy groups -OCH3 is 2. The highest BCUT2D eigenvalue weighted by molar-refractivity contribution is 6.05. The minimum Gasteiger partial charge on any atom is -0.497 e. The molecule has 2 heterocycles. The molecule has 7 nitrogen and oxygen atoms in total. The van der Waals surface area contributed by atoms with Gasteiger partial charge in [0.2, 0.25) is 5.71 Å². The summed E-state index contributed by atoms with van der Waals surface area (Å²) in [5.74, 6) is 2.61. The van der Waals surface area contributed by atoms with Gasteiger partial charge in [0.1, 0.15) is 29.4 Å². The van der Waals surface area contributed by atoms with Gasteiger partial charge in [-0.3, -0.25) is 0 Å². The van der Waals surface area contributed by atoms with Crippen LogP contribution in [0, 0.1) is 0 Å². The highest BCUT2D eigenvalue weighted by Crippen LogP contribution is 2.42. The topological polar surface area (TPSA) is 109 Å². The van der Waals surface area contributed by atoms with Crippen molar-refractivity contribution in [3.05, 3.63) is 54.9 Å². The van der Waals surface area contributed by atoms with Crippen molar-refractivity contribution in [3.63, 3.8) is 0 Å². The molecule has 5 rings (SSSR count). The van der Waals surface area contributed by atoms with E-state index < -0.39 is 0 Å². The molecule has 172 valence electrons. The Balaban J connectivity index is 0.000000318. The molecule has 1 aliphatic rings. The van der Waals surface area contributed by atoms with E-state index in [1.54, 1.807) is 14.2 Å². The molecule has 0 saturated heterocycles. The Hall–Kier alpha value is -3.58. The molecule has 0 unspecified atom stereocenters. The fourth-order valence-corrected chi connectivity index (χ4v) is 4.07. The van der Waals surface area contributed by atoms with E-state index >= 15 is 0 Å². The summed E-state index contributed by atoms with van der Waals surface area (Å²) in [5, 5.41) is 0.698. The highest BCUT2D eigenvalue weighted by Gasteiger charge is 2.21. The predicted molar refractivity (Wildman–Crippen MR) is 131 cm³/mol. The first-order chi connectivity index (χ1) is 16.1. The molecular formula is C26H30N4O3. The van der Waals surface area contributed by atoms with Crippen molar-refractivity contribution in [1.29, 1.82) is 0 Å². The number of fused-ring (bicyclic) bond motifs is 1. The Morgan fingerprint density at radius 2 is 1.39 bits per heavy atom. The molecule has 2 aromatic carbocycles. The number of ether oxygens (including phenoxy) is 2. The van der Waals surface area contributed by atoms with E-state index in [0.717, 1.165) is 28.2 Å². The molecule has 0 aliphatic heterocycles. The molecule has 7 heteroatoms. The van der Waals surface area contributed by atoms with Gasteiger partial charge in [0.25, 0.3) is 0 Å². The molecule has 0 spiro atoms. The van der Waals surface area contributed by atoms with Gasteiger partial charge < -0.3 is 25.4 Å². The van der Waals surface area contributed by atoms with E-state index in [4.69, 9.17) is 25.4 Å². The largest absolute Gasteiger partial charge is 0.497 e. The van der Waals surface area contributed by atoms with Gasteiger partial charge in [0.05, 0.1) is 19.6 Å². The standard InChI is InChI=1S/C20H17N3O3.C6H13N/c1-24-14-7-3-12(4-8-14)16-17-19(21)22-11-23-20(17)26-18(16)13-5-9-15(25-2)10-6-13;7-6-4-2-1-3-5-6/h3-11H,1-2H3,(H2,21,22,23);6H,1-5,7H2. The van der Waals surface area contributed by atoms with Crippen LogP contribution in [0.3, 0.4) is 0 Å². The van der Waals surface area contributed by atoms with Crippen molar-refractivity contribution in [2.24, 2.45) is 5.73 Å². The van der Waals surface area contributed by atoms with Crippen LogP contribution in [0.1, 0.15) is 32.1 Å². The third kappa shape index (κ3) is 5.09. The van der Waals surface area contributed by atoms with Crippen LogP contribution in [-0.4, -0.2) is 30.2 Å². The summed E-state index contributed by atoms with van der Waals surface area (Å²) < 4.78 is 16.5. The minimum absolute atomic E-state index is 0.379. The molecule has 1 saturated carbocycles. The summed E-state index contributed by atoms with van der Waals surface area (Å²) in [7, 11) is 3.27. The summed E-state index contributed by atoms with van der Waals surface area (Å²) in [6.07, 6.45) is 8.06. The number of aromatic nitrogens is 2. The summed E-state index contributed by atoms with van der Waals surface area (Å²) in [4.78, 5) is 8.36. The van der Waals surface area contributed by atoms with Crippen LogP contribution in [0.4, 0.5) is 5.82 Å². The lowest BCUT2D eigenvalue weighted by Gasteiger charge is -2.15. The van der Waals surface area contributed by atoms with Gasteiger partial charge in [0.15, 0.2) is 0 Å². The maximum absolute atomic E-state index is 6.13. The lowest BCUT2D eigenvalue weighted by molar-refractivity contribution is 0.414. The zero-order valence-corrected chi connectivity index (χ0v) is 19.1. The van der Waals surface area contributed by atoms with Crippen LogP contribution >= 0.6 is 0 Å². The fraction of sp³-hybridized carbons (Fsp3) is 0.308. The lowest BCUT2D eigenvalue weighted by Crippen LogP contribution is -2.22. The lowest BCUT2D eigenvalue weighted by atomic mass is 9.97. The van der Waals surface area contributed by atoms with E-state index in [2.05, 4.69) is 9.97 Å². The summed E-state index contributed by atoms with van der Waals surface area (Å²) >= 11 is 0. The first-order valence-corrected chi connectivity index (χ1v) is 11.2. The zero-order valence-electron chi connectivity index (χ0n) is 19.1. The van der Waals surface area contributed by atoms with Crippen molar-refractivity contribution in [3.8, 4) is 33.9 Å². The molecule has 1 aliphatic carbocycles. The Kier molecular flexibility index (Phi) is 7.10. The van der Waals surface area contributed by atoms with Gasteiger partial charge in [-0.25, -0.2) is 9.97 Å². The normalized spacial score (nSPS) is 13.9. The maximum atomic E-state index is 6.13. The van der Waals surface area contributed by atoms with Crippen LogP contribution in [0.5, 0.6) is 11.5 Å². The smallest absolute Gasteiger partial charge is 0.232 e. The number of anilines is 1. The molecule has 0 bridgehead atoms. The summed E-state index contributed by atoms with van der Waals surface area (Å²) in [6.45, 7) is 0. The van der Waals surface area contributed by atoms with Crippen molar-refractivity contribution in [2.45, 2.75) is 38.1 Å². The predicted octanol–water partition coefficient (Wildman–Crippen LogP) is 5.43. The number of rotatable bonds is 4. The molecule has 2 aromatic heterocycles. The number of benzene rings is 2. The molecule has 4 aromatic rings. The van der Waals surface area contributed by atoms with Gasteiger partial charge >= 0.3 is 0 Å². The fourth-order valence-electron chi connectivity index (χ4n) is 4.07. The first-order valence-electron chi connectivity index (χ1n) is 11.2. The van der Waals surface area contributed by atoms with Gasteiger partial charge in [-0.05, 0) is 54.8 Å². The molecule has 0 radical (unpaired) electrons. The summed E-state index contributed by atoms with van der Waals surface area (Å²) in [5.41, 5.74) is 14.9. The average Bonchev–Trinajstić information content (AvgIpc) is 3.26. The third-order valence-electron chi connectivity index (χ3n) is 5.90. The van der Waals surface area contributed by atoms with E-state index in [1.165, 1.54) is 38.4 Å². The number of nitrogen functional groups attached to an aromatic ring is 1. The van der Waals surface area contributed by atoms with Crippen molar-refractivity contribution in [1.82, 2.24) is 9.97 Å². The van der Waals surface area contributed by atoms with Crippen molar-refractivity contribution >= 4 is 16.9 Å². The minimum atomic E-state index is 0.379. The van der Waals surface area contributed by atoms with Gasteiger partial charge in [-0.2, -0.15) is 0 Å². The number of furan rings is 1. The molecule has 0 atom stereocenters. The second-order valence-corrected chi connectivity index (χ2v) is 8.10. The van der Waals surface area contributed by atoms with Crippen LogP contribution in [-0.2, 0) is 0 Å². The van der Waals surface area contributed by atoms with Crippen LogP contribution in [0.15, 0.2) is 59.3 Å². The molecule has 33 heavy (non-hydrogen) atoms. The molecule has 0 amide bonds. The maximum Gasteiger partial charge on any atom is 0.232 e.